The number of aromatic nitrogens is 3. The molecule has 33 heavy (non-hydrogen) atoms. The van der Waals surface area contributed by atoms with Crippen LogP contribution in [0, 0.1) is 11.6 Å². The number of carbonyl (C=O) groups is 1. The number of urea groups is 1. The van der Waals surface area contributed by atoms with Gasteiger partial charge in [-0.15, -0.1) is 0 Å². The highest BCUT2D eigenvalue weighted by molar-refractivity contribution is 6.00. The van der Waals surface area contributed by atoms with Crippen molar-refractivity contribution in [2.45, 2.75) is 6.18 Å². The van der Waals surface area contributed by atoms with Crippen LogP contribution in [-0.2, 0) is 6.18 Å². The summed E-state index contributed by atoms with van der Waals surface area (Å²) in [6.45, 7) is 0. The minimum Gasteiger partial charge on any atom is -0.455 e. The summed E-state index contributed by atoms with van der Waals surface area (Å²) in [5.74, 6) is -1.86. The fourth-order valence-corrected chi connectivity index (χ4v) is 2.86. The van der Waals surface area contributed by atoms with Crippen molar-refractivity contribution in [2.75, 3.05) is 10.6 Å². The van der Waals surface area contributed by atoms with Crippen molar-refractivity contribution in [3.05, 3.63) is 76.3 Å². The lowest BCUT2D eigenvalue weighted by Gasteiger charge is -2.13. The maximum Gasteiger partial charge on any atom is 0.416 e. The molecule has 0 radical (unpaired) electrons. The van der Waals surface area contributed by atoms with Crippen molar-refractivity contribution >= 4 is 28.6 Å². The highest BCUT2D eigenvalue weighted by atomic mass is 19.4. The summed E-state index contributed by atoms with van der Waals surface area (Å²) < 4.78 is 72.1. The summed E-state index contributed by atoms with van der Waals surface area (Å²) in [7, 11) is 0. The van der Waals surface area contributed by atoms with Crippen LogP contribution in [0.25, 0.3) is 11.2 Å². The van der Waals surface area contributed by atoms with Gasteiger partial charge in [0.25, 0.3) is 0 Å². The second-order valence-electron chi connectivity index (χ2n) is 6.63. The quantitative estimate of drug-likeness (QED) is 0.318. The maximum atomic E-state index is 14.4. The van der Waals surface area contributed by atoms with Gasteiger partial charge in [0, 0.05) is 18.3 Å². The SMILES string of the molecule is O=C(Nc1ccc(Oc2ccnc3[nH]c(=O)[nH]c23)cc1F)Nc1cc(C(F)(F)F)ccc1F. The number of pyridine rings is 1. The van der Waals surface area contributed by atoms with E-state index < -0.39 is 40.8 Å². The molecule has 0 saturated heterocycles. The van der Waals surface area contributed by atoms with Crippen LogP contribution >= 0.6 is 0 Å². The Morgan fingerprint density at radius 1 is 0.939 bits per heavy atom. The monoisotopic (exact) mass is 465 g/mol. The van der Waals surface area contributed by atoms with Crippen molar-refractivity contribution in [1.82, 2.24) is 15.0 Å². The van der Waals surface area contributed by atoms with Crippen LogP contribution in [0.4, 0.5) is 38.1 Å². The Hall–Kier alpha value is -4.42. The molecule has 4 N–H and O–H groups in total. The van der Waals surface area contributed by atoms with Crippen LogP contribution in [-0.4, -0.2) is 21.0 Å². The molecular formula is C20H12F5N5O3. The minimum atomic E-state index is -4.74. The summed E-state index contributed by atoms with van der Waals surface area (Å²) >= 11 is 0. The maximum absolute atomic E-state index is 14.4. The van der Waals surface area contributed by atoms with Crippen molar-refractivity contribution in [3.63, 3.8) is 0 Å². The summed E-state index contributed by atoms with van der Waals surface area (Å²) in [6, 6.07) is 5.12. The third-order valence-corrected chi connectivity index (χ3v) is 4.34. The topological polar surface area (TPSA) is 112 Å². The number of hydrogen-bond acceptors (Lipinski definition) is 4. The minimum absolute atomic E-state index is 0.0110. The number of amides is 2. The first-order valence-electron chi connectivity index (χ1n) is 9.09. The molecule has 4 aromatic rings. The molecule has 0 spiro atoms. The Balaban J connectivity index is 1.49. The highest BCUT2D eigenvalue weighted by Gasteiger charge is 2.31. The second kappa shape index (κ2) is 8.26. The third kappa shape index (κ3) is 4.76. The number of imidazole rings is 1. The molecule has 0 atom stereocenters. The summed E-state index contributed by atoms with van der Waals surface area (Å²) in [5, 5.41) is 3.99. The number of anilines is 2. The van der Waals surface area contributed by atoms with E-state index in [1.54, 1.807) is 0 Å². The smallest absolute Gasteiger partial charge is 0.416 e. The van der Waals surface area contributed by atoms with Crippen molar-refractivity contribution in [3.8, 4) is 11.5 Å². The van der Waals surface area contributed by atoms with E-state index in [9.17, 15) is 31.5 Å². The number of rotatable bonds is 4. The molecule has 2 heterocycles. The number of nitrogens with zero attached hydrogens (tertiary/aromatic N) is 1. The molecule has 0 bridgehead atoms. The number of fused-ring (bicyclic) bond motifs is 1. The van der Waals surface area contributed by atoms with Gasteiger partial charge >= 0.3 is 17.9 Å². The second-order valence-corrected chi connectivity index (χ2v) is 6.63. The fraction of sp³-hybridized carbons (Fsp3) is 0.0500. The van der Waals surface area contributed by atoms with Gasteiger partial charge in [0.1, 0.15) is 22.9 Å². The van der Waals surface area contributed by atoms with E-state index in [-0.39, 0.29) is 28.4 Å². The average Bonchev–Trinajstić information content (AvgIpc) is 3.12. The molecule has 0 aliphatic heterocycles. The van der Waals surface area contributed by atoms with Gasteiger partial charge < -0.3 is 20.4 Å². The Labute approximate surface area is 180 Å². The van der Waals surface area contributed by atoms with E-state index in [0.717, 1.165) is 12.1 Å². The van der Waals surface area contributed by atoms with E-state index in [1.165, 1.54) is 18.3 Å². The molecule has 8 nitrogen and oxygen atoms in total. The predicted octanol–water partition coefficient (Wildman–Crippen LogP) is 4.98. The summed E-state index contributed by atoms with van der Waals surface area (Å²) in [5.41, 5.74) is -2.27. The van der Waals surface area contributed by atoms with Crippen LogP contribution in [0.15, 0.2) is 53.5 Å². The van der Waals surface area contributed by atoms with Gasteiger partial charge in [-0.2, -0.15) is 13.2 Å². The zero-order valence-electron chi connectivity index (χ0n) is 16.2. The number of alkyl halides is 3. The molecule has 170 valence electrons. The molecule has 4 rings (SSSR count). The van der Waals surface area contributed by atoms with Gasteiger partial charge in [-0.1, -0.05) is 0 Å². The Kier molecular flexibility index (Phi) is 5.45. The molecule has 2 aromatic carbocycles. The van der Waals surface area contributed by atoms with Gasteiger partial charge in [-0.05, 0) is 30.3 Å². The molecule has 0 fully saturated rings. The molecule has 2 amide bonds. The van der Waals surface area contributed by atoms with E-state index in [2.05, 4.69) is 20.3 Å². The number of ether oxygens (including phenoxy) is 1. The van der Waals surface area contributed by atoms with E-state index >= 15 is 0 Å². The number of halogens is 5. The van der Waals surface area contributed by atoms with Crippen LogP contribution in [0.1, 0.15) is 5.56 Å². The number of H-pyrrole nitrogens is 2. The summed E-state index contributed by atoms with van der Waals surface area (Å²) in [6.07, 6.45) is -3.37. The van der Waals surface area contributed by atoms with Crippen LogP contribution in [0.3, 0.4) is 0 Å². The zero-order chi connectivity index (χ0) is 23.8. The van der Waals surface area contributed by atoms with E-state index in [4.69, 9.17) is 4.74 Å². The average molecular weight is 465 g/mol. The van der Waals surface area contributed by atoms with Crippen molar-refractivity contribution in [1.29, 1.82) is 0 Å². The number of aromatic amines is 2. The molecule has 0 aliphatic rings. The Morgan fingerprint density at radius 3 is 2.42 bits per heavy atom. The Bertz CT molecular complexity index is 1410. The van der Waals surface area contributed by atoms with Gasteiger partial charge in [0.15, 0.2) is 11.4 Å². The highest BCUT2D eigenvalue weighted by Crippen LogP contribution is 2.32. The zero-order valence-corrected chi connectivity index (χ0v) is 16.2. The van der Waals surface area contributed by atoms with E-state index in [0.29, 0.717) is 18.2 Å². The molecule has 0 aliphatic carbocycles. The number of benzene rings is 2. The molecule has 2 aromatic heterocycles. The third-order valence-electron chi connectivity index (χ3n) is 4.34. The lowest BCUT2D eigenvalue weighted by molar-refractivity contribution is -0.137. The summed E-state index contributed by atoms with van der Waals surface area (Å²) in [4.78, 5) is 32.4. The largest absolute Gasteiger partial charge is 0.455 e. The van der Waals surface area contributed by atoms with Crippen LogP contribution < -0.4 is 21.1 Å². The lowest BCUT2D eigenvalue weighted by atomic mass is 10.2. The van der Waals surface area contributed by atoms with Crippen LogP contribution in [0.5, 0.6) is 11.5 Å². The van der Waals surface area contributed by atoms with Gasteiger partial charge in [-0.3, -0.25) is 4.98 Å². The number of nitrogens with one attached hydrogen (secondary N) is 4. The molecular weight excluding hydrogens is 453 g/mol. The van der Waals surface area contributed by atoms with Gasteiger partial charge in [0.05, 0.1) is 16.9 Å². The first-order chi connectivity index (χ1) is 15.6. The predicted molar refractivity (Wildman–Crippen MR) is 107 cm³/mol. The van der Waals surface area contributed by atoms with E-state index in [1.807, 2.05) is 5.32 Å². The molecule has 0 unspecified atom stereocenters. The molecule has 0 saturated carbocycles. The first kappa shape index (κ1) is 21.8. The van der Waals surface area contributed by atoms with Crippen molar-refractivity contribution < 1.29 is 31.5 Å². The van der Waals surface area contributed by atoms with Gasteiger partial charge in [-0.25, -0.2) is 23.4 Å². The van der Waals surface area contributed by atoms with Gasteiger partial charge in [0.2, 0.25) is 0 Å². The van der Waals surface area contributed by atoms with Crippen molar-refractivity contribution in [2.24, 2.45) is 0 Å². The van der Waals surface area contributed by atoms with Crippen LogP contribution in [0.2, 0.25) is 0 Å². The lowest BCUT2D eigenvalue weighted by Crippen LogP contribution is -2.21. The number of carbonyl (C=O) groups excluding carboxylic acids is 1. The number of hydrogen-bond donors (Lipinski definition) is 4. The normalized spacial score (nSPS) is 11.4. The Morgan fingerprint density at radius 2 is 1.70 bits per heavy atom. The molecule has 13 heteroatoms. The standard InChI is InChI=1S/C20H12F5N5O3/c21-11-3-1-9(20(23,24)25)7-14(11)28-18(31)27-13-4-2-10(8-12(13)22)33-15-5-6-26-17-16(15)29-19(32)30-17/h1-8H,(H2,27,28,31)(H2,26,29,30,32). The fourth-order valence-electron chi connectivity index (χ4n) is 2.86. The first-order valence-corrected chi connectivity index (χ1v) is 9.09.